The number of halogens is 3. The highest BCUT2D eigenvalue weighted by atomic mass is 127. The molecular weight excluding hydrogens is 389 g/mol. The first kappa shape index (κ1) is 15.7. The molecule has 2 rings (SSSR count). The van der Waals surface area contributed by atoms with Crippen molar-refractivity contribution >= 4 is 28.3 Å². The van der Waals surface area contributed by atoms with Crippen LogP contribution < -0.4 is 10.9 Å². The first-order chi connectivity index (χ1) is 9.97. The molecule has 1 heterocycles. The number of para-hydroxylation sites is 1. The average molecular weight is 402 g/mol. The van der Waals surface area contributed by atoms with E-state index in [2.05, 4.69) is 11.9 Å². The Balaban J connectivity index is 2.69. The molecule has 1 aromatic carbocycles. The fourth-order valence-corrected chi connectivity index (χ4v) is 2.59. The summed E-state index contributed by atoms with van der Waals surface area (Å²) in [5, 5.41) is 3.03. The third kappa shape index (κ3) is 2.99. The third-order valence-electron chi connectivity index (χ3n) is 2.98. The van der Waals surface area contributed by atoms with E-state index in [9.17, 15) is 13.6 Å². The standard InChI is InChI=1S/C15H13F2IN2O/c1-3-7-19-12-8-13(21)20(9(2)14(12)18)15-10(16)5-4-6-11(15)17/h3-6,8,19H,1,7H2,2H3. The second kappa shape index (κ2) is 6.38. The molecule has 0 amide bonds. The van der Waals surface area contributed by atoms with E-state index in [1.807, 2.05) is 22.6 Å². The number of nitrogens with zero attached hydrogens (tertiary/aromatic N) is 1. The molecule has 6 heteroatoms. The average Bonchev–Trinajstić information content (AvgIpc) is 2.44. The van der Waals surface area contributed by atoms with Crippen molar-refractivity contribution in [1.29, 1.82) is 0 Å². The molecule has 0 aliphatic rings. The van der Waals surface area contributed by atoms with Crippen LogP contribution in [0, 0.1) is 22.1 Å². The molecule has 2 aromatic rings. The van der Waals surface area contributed by atoms with Gasteiger partial charge in [0.1, 0.15) is 17.3 Å². The van der Waals surface area contributed by atoms with Crippen molar-refractivity contribution in [3.63, 3.8) is 0 Å². The van der Waals surface area contributed by atoms with Gasteiger partial charge in [-0.2, -0.15) is 0 Å². The summed E-state index contributed by atoms with van der Waals surface area (Å²) in [6.07, 6.45) is 1.66. The number of hydrogen-bond donors (Lipinski definition) is 1. The van der Waals surface area contributed by atoms with Crippen LogP contribution in [0.1, 0.15) is 5.69 Å². The minimum Gasteiger partial charge on any atom is -0.381 e. The molecule has 1 N–H and O–H groups in total. The molecule has 3 nitrogen and oxygen atoms in total. The lowest BCUT2D eigenvalue weighted by molar-refractivity contribution is 0.564. The highest BCUT2D eigenvalue weighted by Crippen LogP contribution is 2.24. The van der Waals surface area contributed by atoms with Gasteiger partial charge < -0.3 is 5.32 Å². The lowest BCUT2D eigenvalue weighted by atomic mass is 10.2. The van der Waals surface area contributed by atoms with Gasteiger partial charge in [0.2, 0.25) is 0 Å². The van der Waals surface area contributed by atoms with Crippen LogP contribution in [-0.2, 0) is 0 Å². The van der Waals surface area contributed by atoms with Gasteiger partial charge in [0, 0.05) is 18.3 Å². The zero-order chi connectivity index (χ0) is 15.6. The number of pyridine rings is 1. The molecule has 1 aromatic heterocycles. The van der Waals surface area contributed by atoms with Crippen molar-refractivity contribution in [2.75, 3.05) is 11.9 Å². The van der Waals surface area contributed by atoms with E-state index >= 15 is 0 Å². The molecule has 0 saturated carbocycles. The van der Waals surface area contributed by atoms with Crippen molar-refractivity contribution in [3.05, 3.63) is 68.2 Å². The van der Waals surface area contributed by atoms with E-state index < -0.39 is 17.2 Å². The molecule has 0 unspecified atom stereocenters. The van der Waals surface area contributed by atoms with Gasteiger partial charge in [-0.3, -0.25) is 9.36 Å². The van der Waals surface area contributed by atoms with Crippen molar-refractivity contribution in [1.82, 2.24) is 4.57 Å². The van der Waals surface area contributed by atoms with Crippen LogP contribution in [0.4, 0.5) is 14.5 Å². The molecule has 0 bridgehead atoms. The summed E-state index contributed by atoms with van der Waals surface area (Å²) in [6, 6.07) is 4.84. The molecule has 21 heavy (non-hydrogen) atoms. The van der Waals surface area contributed by atoms with Crippen molar-refractivity contribution in [2.24, 2.45) is 0 Å². The quantitative estimate of drug-likeness (QED) is 0.626. The predicted octanol–water partition coefficient (Wildman–Crippen LogP) is 3.63. The summed E-state index contributed by atoms with van der Waals surface area (Å²) < 4.78 is 29.6. The van der Waals surface area contributed by atoms with Gasteiger partial charge >= 0.3 is 0 Å². The molecule has 0 aliphatic carbocycles. The highest BCUT2D eigenvalue weighted by Gasteiger charge is 2.17. The summed E-state index contributed by atoms with van der Waals surface area (Å²) in [4.78, 5) is 12.2. The molecule has 0 radical (unpaired) electrons. The van der Waals surface area contributed by atoms with Gasteiger partial charge in [0.05, 0.1) is 9.26 Å². The van der Waals surface area contributed by atoms with E-state index in [0.717, 1.165) is 20.3 Å². The monoisotopic (exact) mass is 402 g/mol. The largest absolute Gasteiger partial charge is 0.381 e. The van der Waals surface area contributed by atoms with Gasteiger partial charge in [-0.25, -0.2) is 8.78 Å². The van der Waals surface area contributed by atoms with Crippen molar-refractivity contribution in [2.45, 2.75) is 6.92 Å². The molecule has 0 atom stereocenters. The summed E-state index contributed by atoms with van der Waals surface area (Å²) in [5.74, 6) is -1.55. The van der Waals surface area contributed by atoms with Crippen LogP contribution in [0.2, 0.25) is 0 Å². The Morgan fingerprint density at radius 1 is 1.38 bits per heavy atom. The van der Waals surface area contributed by atoms with Crippen LogP contribution in [0.25, 0.3) is 5.69 Å². The van der Waals surface area contributed by atoms with Crippen molar-refractivity contribution in [3.8, 4) is 5.69 Å². The maximum atomic E-state index is 13.9. The van der Waals surface area contributed by atoms with Gasteiger partial charge in [0.25, 0.3) is 5.56 Å². The van der Waals surface area contributed by atoms with E-state index in [-0.39, 0.29) is 5.69 Å². The number of rotatable bonds is 4. The Morgan fingerprint density at radius 2 is 2.00 bits per heavy atom. The fraction of sp³-hybridized carbons (Fsp3) is 0.133. The molecular formula is C15H13F2IN2O. The molecule has 0 saturated heterocycles. The lowest BCUT2D eigenvalue weighted by Crippen LogP contribution is -2.24. The lowest BCUT2D eigenvalue weighted by Gasteiger charge is -2.16. The van der Waals surface area contributed by atoms with Crippen molar-refractivity contribution < 1.29 is 8.78 Å². The Labute approximate surface area is 134 Å². The first-order valence-corrected chi connectivity index (χ1v) is 7.26. The first-order valence-electron chi connectivity index (χ1n) is 6.18. The van der Waals surface area contributed by atoms with E-state index in [1.54, 1.807) is 13.0 Å². The molecule has 0 spiro atoms. The fourth-order valence-electron chi connectivity index (χ4n) is 2.00. The SMILES string of the molecule is C=CCNc1cc(=O)n(-c2c(F)cccc2F)c(C)c1I. The highest BCUT2D eigenvalue weighted by molar-refractivity contribution is 14.1. The van der Waals surface area contributed by atoms with E-state index in [4.69, 9.17) is 0 Å². The van der Waals surface area contributed by atoms with E-state index in [0.29, 0.717) is 17.9 Å². The van der Waals surface area contributed by atoms with Crippen LogP contribution in [-0.4, -0.2) is 11.1 Å². The number of nitrogens with one attached hydrogen (secondary N) is 1. The van der Waals surface area contributed by atoms with Crippen LogP contribution in [0.5, 0.6) is 0 Å². The zero-order valence-corrected chi connectivity index (χ0v) is 13.4. The third-order valence-corrected chi connectivity index (χ3v) is 4.34. The Hall–Kier alpha value is -1.70. The number of benzene rings is 1. The number of aromatic nitrogens is 1. The maximum Gasteiger partial charge on any atom is 0.257 e. The Bertz CT molecular complexity index is 736. The van der Waals surface area contributed by atoms with Crippen LogP contribution in [0.15, 0.2) is 41.7 Å². The second-order valence-electron chi connectivity index (χ2n) is 4.37. The maximum absolute atomic E-state index is 13.9. The summed E-state index contributed by atoms with van der Waals surface area (Å²) in [5.41, 5.74) is 0.237. The topological polar surface area (TPSA) is 34.0 Å². The van der Waals surface area contributed by atoms with Gasteiger partial charge in [-0.1, -0.05) is 12.1 Å². The van der Waals surface area contributed by atoms with Gasteiger partial charge in [-0.05, 0) is 41.6 Å². The smallest absolute Gasteiger partial charge is 0.257 e. The molecule has 110 valence electrons. The summed E-state index contributed by atoms with van der Waals surface area (Å²) in [6.45, 7) is 5.73. The minimum atomic E-state index is -0.775. The summed E-state index contributed by atoms with van der Waals surface area (Å²) in [7, 11) is 0. The van der Waals surface area contributed by atoms with E-state index in [1.165, 1.54) is 12.1 Å². The Morgan fingerprint density at radius 3 is 2.57 bits per heavy atom. The number of hydrogen-bond acceptors (Lipinski definition) is 2. The molecule has 0 aliphatic heterocycles. The summed E-state index contributed by atoms with van der Waals surface area (Å²) >= 11 is 2.04. The van der Waals surface area contributed by atoms with Crippen LogP contribution >= 0.6 is 22.6 Å². The minimum absolute atomic E-state index is 0.354. The Kier molecular flexibility index (Phi) is 4.76. The number of anilines is 1. The second-order valence-corrected chi connectivity index (χ2v) is 5.45. The van der Waals surface area contributed by atoms with Gasteiger partial charge in [0.15, 0.2) is 0 Å². The normalized spacial score (nSPS) is 10.5. The van der Waals surface area contributed by atoms with Gasteiger partial charge in [-0.15, -0.1) is 6.58 Å². The molecule has 0 fully saturated rings. The van der Waals surface area contributed by atoms with Crippen LogP contribution in [0.3, 0.4) is 0 Å². The predicted molar refractivity (Wildman–Crippen MR) is 88.1 cm³/mol. The zero-order valence-electron chi connectivity index (χ0n) is 11.3.